The highest BCUT2D eigenvalue weighted by atomic mass is 16.3. The molecule has 0 bridgehead atoms. The zero-order chi connectivity index (χ0) is 22.3. The molecule has 31 heavy (non-hydrogen) atoms. The Kier molecular flexibility index (Phi) is 5.38. The summed E-state index contributed by atoms with van der Waals surface area (Å²) in [5, 5.41) is 17.6. The number of amides is 2. The maximum atomic E-state index is 13.2. The standard InChI is InChI=1S/C21H25N5O5/c1-12(2)10-25-19-13(3-6-16(28)24-8-7-15(27)11-24)9-22-26(19)21(31)17(20(25)30)18(29)23-14-4-5-14/h3,6,9,12,14,31H,4-5,7-8,10-11H2,1-2H3,(H,23,29). The summed E-state index contributed by atoms with van der Waals surface area (Å²) in [6, 6.07) is 0.0279. The van der Waals surface area contributed by atoms with Gasteiger partial charge in [0, 0.05) is 37.2 Å². The first-order chi connectivity index (χ1) is 14.8. The molecule has 2 amide bonds. The lowest BCUT2D eigenvalue weighted by molar-refractivity contribution is -0.127. The topological polar surface area (TPSA) is 126 Å². The van der Waals surface area contributed by atoms with Crippen LogP contribution in [0.3, 0.4) is 0 Å². The first-order valence-corrected chi connectivity index (χ1v) is 10.4. The van der Waals surface area contributed by atoms with Crippen molar-refractivity contribution in [1.82, 2.24) is 24.4 Å². The fourth-order valence-electron chi connectivity index (χ4n) is 3.63. The fourth-order valence-corrected chi connectivity index (χ4v) is 3.63. The number of rotatable bonds is 6. The Morgan fingerprint density at radius 1 is 1.32 bits per heavy atom. The third-order valence-corrected chi connectivity index (χ3v) is 5.34. The lowest BCUT2D eigenvalue weighted by atomic mass is 10.2. The van der Waals surface area contributed by atoms with E-state index in [2.05, 4.69) is 10.4 Å². The number of hydrogen-bond donors (Lipinski definition) is 2. The number of nitrogens with one attached hydrogen (secondary N) is 1. The van der Waals surface area contributed by atoms with E-state index in [0.29, 0.717) is 30.7 Å². The number of Topliss-reactive ketones (excluding diaryl/α,β-unsaturated/α-hetero) is 1. The fraction of sp³-hybridized carbons (Fsp3) is 0.476. The number of fused-ring (bicyclic) bond motifs is 1. The molecule has 3 heterocycles. The van der Waals surface area contributed by atoms with E-state index in [1.807, 2.05) is 13.8 Å². The van der Waals surface area contributed by atoms with Crippen molar-refractivity contribution in [3.8, 4) is 5.88 Å². The van der Waals surface area contributed by atoms with Crippen LogP contribution in [0.1, 0.15) is 49.0 Å². The van der Waals surface area contributed by atoms with Gasteiger partial charge in [-0.25, -0.2) is 0 Å². The molecule has 2 aliphatic rings. The maximum absolute atomic E-state index is 13.2. The Hall–Kier alpha value is -3.43. The first-order valence-electron chi connectivity index (χ1n) is 10.4. The Morgan fingerprint density at radius 2 is 2.06 bits per heavy atom. The largest absolute Gasteiger partial charge is 0.492 e. The van der Waals surface area contributed by atoms with Gasteiger partial charge in [0.2, 0.25) is 11.8 Å². The number of hydrogen-bond acceptors (Lipinski definition) is 6. The summed E-state index contributed by atoms with van der Waals surface area (Å²) in [4.78, 5) is 51.0. The number of carbonyl (C=O) groups is 3. The second-order valence-corrected chi connectivity index (χ2v) is 8.47. The van der Waals surface area contributed by atoms with Gasteiger partial charge in [0.25, 0.3) is 11.5 Å². The van der Waals surface area contributed by atoms with Crippen LogP contribution in [-0.2, 0) is 16.1 Å². The lowest BCUT2D eigenvalue weighted by Gasteiger charge is -2.15. The summed E-state index contributed by atoms with van der Waals surface area (Å²) >= 11 is 0. The summed E-state index contributed by atoms with van der Waals surface area (Å²) in [5.74, 6) is -1.37. The van der Waals surface area contributed by atoms with Gasteiger partial charge in [0.1, 0.15) is 5.65 Å². The molecule has 164 valence electrons. The zero-order valence-electron chi connectivity index (χ0n) is 17.5. The van der Waals surface area contributed by atoms with Crippen LogP contribution < -0.4 is 10.9 Å². The van der Waals surface area contributed by atoms with E-state index in [0.717, 1.165) is 17.4 Å². The SMILES string of the molecule is CC(C)Cn1c(=O)c(C(=O)NC2CC2)c(O)n2ncc(C=CC(=O)N3CCC(=O)C3)c12. The van der Waals surface area contributed by atoms with Crippen molar-refractivity contribution in [2.45, 2.75) is 45.7 Å². The van der Waals surface area contributed by atoms with Crippen LogP contribution in [0.25, 0.3) is 11.7 Å². The number of nitrogens with zero attached hydrogens (tertiary/aromatic N) is 4. The van der Waals surface area contributed by atoms with E-state index >= 15 is 0 Å². The summed E-state index contributed by atoms with van der Waals surface area (Å²) in [5.41, 5.74) is -0.212. The van der Waals surface area contributed by atoms with E-state index in [1.54, 1.807) is 0 Å². The number of likely N-dealkylation sites (tertiary alicyclic amines) is 1. The van der Waals surface area contributed by atoms with Crippen LogP contribution in [0.5, 0.6) is 5.88 Å². The molecule has 0 spiro atoms. The van der Waals surface area contributed by atoms with Crippen molar-refractivity contribution in [2.24, 2.45) is 5.92 Å². The third kappa shape index (κ3) is 4.10. The third-order valence-electron chi connectivity index (χ3n) is 5.34. The number of ketones is 1. The predicted molar refractivity (Wildman–Crippen MR) is 112 cm³/mol. The predicted octanol–water partition coefficient (Wildman–Crippen LogP) is 0.564. The van der Waals surface area contributed by atoms with Crippen LogP contribution in [-0.4, -0.2) is 60.9 Å². The molecule has 4 rings (SSSR count). The normalized spacial score (nSPS) is 16.7. The van der Waals surface area contributed by atoms with Crippen LogP contribution in [0, 0.1) is 5.92 Å². The Morgan fingerprint density at radius 3 is 2.68 bits per heavy atom. The van der Waals surface area contributed by atoms with E-state index in [9.17, 15) is 24.3 Å². The van der Waals surface area contributed by atoms with Gasteiger partial charge in [-0.15, -0.1) is 0 Å². The molecule has 1 aliphatic carbocycles. The molecule has 2 aromatic heterocycles. The van der Waals surface area contributed by atoms with E-state index in [4.69, 9.17) is 0 Å². The molecule has 2 fully saturated rings. The Labute approximate surface area is 178 Å². The summed E-state index contributed by atoms with van der Waals surface area (Å²) < 4.78 is 2.55. The monoisotopic (exact) mass is 427 g/mol. The van der Waals surface area contributed by atoms with Crippen molar-refractivity contribution in [1.29, 1.82) is 0 Å². The van der Waals surface area contributed by atoms with Gasteiger partial charge < -0.3 is 15.3 Å². The summed E-state index contributed by atoms with van der Waals surface area (Å²) in [7, 11) is 0. The summed E-state index contributed by atoms with van der Waals surface area (Å²) in [6.07, 6.45) is 6.30. The van der Waals surface area contributed by atoms with Crippen molar-refractivity contribution < 1.29 is 19.5 Å². The van der Waals surface area contributed by atoms with Gasteiger partial charge in [-0.3, -0.25) is 23.7 Å². The molecule has 2 aromatic rings. The average Bonchev–Trinajstić information content (AvgIpc) is 3.24. The Balaban J connectivity index is 1.76. The van der Waals surface area contributed by atoms with Gasteiger partial charge in [0.15, 0.2) is 11.3 Å². The number of aromatic nitrogens is 3. The summed E-state index contributed by atoms with van der Waals surface area (Å²) in [6.45, 7) is 4.64. The Bertz CT molecular complexity index is 1160. The maximum Gasteiger partial charge on any atom is 0.270 e. The highest BCUT2D eigenvalue weighted by molar-refractivity contribution is 5.98. The lowest BCUT2D eigenvalue weighted by Crippen LogP contribution is -2.36. The number of carbonyl (C=O) groups excluding carboxylic acids is 3. The van der Waals surface area contributed by atoms with Gasteiger partial charge in [-0.1, -0.05) is 13.8 Å². The van der Waals surface area contributed by atoms with Gasteiger partial charge in [0.05, 0.1) is 12.7 Å². The van der Waals surface area contributed by atoms with E-state index in [-0.39, 0.29) is 35.8 Å². The van der Waals surface area contributed by atoms with Crippen molar-refractivity contribution in [3.05, 3.63) is 33.8 Å². The van der Waals surface area contributed by atoms with Gasteiger partial charge in [-0.2, -0.15) is 9.61 Å². The molecule has 10 nitrogen and oxygen atoms in total. The van der Waals surface area contributed by atoms with Crippen molar-refractivity contribution >= 4 is 29.3 Å². The molecule has 1 aliphatic heterocycles. The zero-order valence-corrected chi connectivity index (χ0v) is 17.5. The van der Waals surface area contributed by atoms with Gasteiger partial charge >= 0.3 is 0 Å². The number of aromatic hydroxyl groups is 1. The molecular weight excluding hydrogens is 402 g/mol. The van der Waals surface area contributed by atoms with Crippen LogP contribution in [0.15, 0.2) is 17.1 Å². The molecule has 10 heteroatoms. The molecule has 0 radical (unpaired) electrons. The molecular formula is C21H25N5O5. The van der Waals surface area contributed by atoms with E-state index < -0.39 is 17.3 Å². The minimum atomic E-state index is -0.620. The second-order valence-electron chi connectivity index (χ2n) is 8.47. The van der Waals surface area contributed by atoms with Gasteiger partial charge in [-0.05, 0) is 24.8 Å². The van der Waals surface area contributed by atoms with E-state index in [1.165, 1.54) is 27.8 Å². The highest BCUT2D eigenvalue weighted by Gasteiger charge is 2.30. The molecule has 0 aromatic carbocycles. The van der Waals surface area contributed by atoms with Crippen molar-refractivity contribution in [2.75, 3.05) is 13.1 Å². The first kappa shape index (κ1) is 20.8. The smallest absolute Gasteiger partial charge is 0.270 e. The second kappa shape index (κ2) is 8.01. The molecule has 2 N–H and O–H groups in total. The highest BCUT2D eigenvalue weighted by Crippen LogP contribution is 2.23. The minimum absolute atomic E-state index is 0.0189. The minimum Gasteiger partial charge on any atom is -0.492 e. The molecule has 0 unspecified atom stereocenters. The van der Waals surface area contributed by atoms with Crippen LogP contribution >= 0.6 is 0 Å². The molecule has 1 saturated carbocycles. The van der Waals surface area contributed by atoms with Crippen molar-refractivity contribution in [3.63, 3.8) is 0 Å². The molecule has 1 saturated heterocycles. The quantitative estimate of drug-likeness (QED) is 0.649. The van der Waals surface area contributed by atoms with Crippen LogP contribution in [0.4, 0.5) is 0 Å². The average molecular weight is 427 g/mol. The molecule has 0 atom stereocenters. The van der Waals surface area contributed by atoms with Crippen LogP contribution in [0.2, 0.25) is 0 Å².